The third-order valence-electron chi connectivity index (χ3n) is 3.52. The Labute approximate surface area is 102 Å². The van der Waals surface area contributed by atoms with Gasteiger partial charge in [-0.05, 0) is 31.4 Å². The highest BCUT2D eigenvalue weighted by Gasteiger charge is 2.24. The summed E-state index contributed by atoms with van der Waals surface area (Å²) in [5.41, 5.74) is 7.74. The largest absolute Gasteiger partial charge is 0.391 e. The molecule has 1 saturated heterocycles. The molecule has 3 atom stereocenters. The minimum absolute atomic E-state index is 0.0315. The molecule has 1 aliphatic heterocycles. The number of nitrogens with zero attached hydrogens (tertiary/aromatic N) is 2. The number of β-amino-alcohol motifs (C(OH)–C–C–N with tert-alkyl or cyclic N) is 1. The summed E-state index contributed by atoms with van der Waals surface area (Å²) in [6.45, 7) is 5.70. The van der Waals surface area contributed by atoms with Crippen molar-refractivity contribution in [2.24, 2.45) is 11.7 Å². The van der Waals surface area contributed by atoms with Crippen molar-refractivity contribution in [3.63, 3.8) is 0 Å². The molecule has 1 aromatic heterocycles. The van der Waals surface area contributed by atoms with Gasteiger partial charge in [-0.25, -0.2) is 0 Å². The molecule has 0 aliphatic carbocycles. The number of pyridine rings is 1. The van der Waals surface area contributed by atoms with E-state index in [1.165, 1.54) is 0 Å². The summed E-state index contributed by atoms with van der Waals surface area (Å²) in [4.78, 5) is 6.53. The van der Waals surface area contributed by atoms with Crippen LogP contribution in [-0.2, 0) is 0 Å². The first-order valence-electron chi connectivity index (χ1n) is 6.22. The Morgan fingerprint density at radius 1 is 1.53 bits per heavy atom. The lowest BCUT2D eigenvalue weighted by atomic mass is 9.96. The molecule has 4 nitrogen and oxygen atoms in total. The second-order valence-corrected chi connectivity index (χ2v) is 5.01. The van der Waals surface area contributed by atoms with E-state index in [4.69, 9.17) is 5.73 Å². The number of rotatable bonds is 2. The molecular formula is C13H21N3O. The smallest absolute Gasteiger partial charge is 0.0741 e. The molecule has 3 N–H and O–H groups in total. The van der Waals surface area contributed by atoms with Crippen molar-refractivity contribution >= 4 is 5.69 Å². The summed E-state index contributed by atoms with van der Waals surface area (Å²) in [6.07, 6.45) is 2.63. The summed E-state index contributed by atoms with van der Waals surface area (Å²) >= 11 is 0. The lowest BCUT2D eigenvalue weighted by Crippen LogP contribution is -2.42. The molecule has 1 fully saturated rings. The number of hydrogen-bond acceptors (Lipinski definition) is 4. The first kappa shape index (κ1) is 12.3. The van der Waals surface area contributed by atoms with Gasteiger partial charge in [0.15, 0.2) is 0 Å². The van der Waals surface area contributed by atoms with Crippen LogP contribution in [0.5, 0.6) is 0 Å². The molecule has 4 heteroatoms. The van der Waals surface area contributed by atoms with Gasteiger partial charge in [0.2, 0.25) is 0 Å². The Balaban J connectivity index is 2.07. The summed E-state index contributed by atoms with van der Waals surface area (Å²) in [6, 6.07) is 3.97. The van der Waals surface area contributed by atoms with Crippen LogP contribution in [0, 0.1) is 5.92 Å². The third-order valence-corrected chi connectivity index (χ3v) is 3.52. The van der Waals surface area contributed by atoms with Gasteiger partial charge >= 0.3 is 0 Å². The average molecular weight is 235 g/mol. The second-order valence-electron chi connectivity index (χ2n) is 5.01. The highest BCUT2D eigenvalue weighted by Crippen LogP contribution is 2.23. The van der Waals surface area contributed by atoms with E-state index in [2.05, 4.69) is 16.8 Å². The van der Waals surface area contributed by atoms with Crippen LogP contribution in [0.15, 0.2) is 18.3 Å². The molecule has 17 heavy (non-hydrogen) atoms. The number of piperidine rings is 1. The van der Waals surface area contributed by atoms with Crippen molar-refractivity contribution in [2.75, 3.05) is 18.0 Å². The van der Waals surface area contributed by atoms with E-state index < -0.39 is 0 Å². The van der Waals surface area contributed by atoms with Crippen LogP contribution in [0.3, 0.4) is 0 Å². The van der Waals surface area contributed by atoms with Crippen LogP contribution in [0.4, 0.5) is 5.69 Å². The van der Waals surface area contributed by atoms with Crippen molar-refractivity contribution in [3.05, 3.63) is 24.0 Å². The Morgan fingerprint density at radius 3 is 2.82 bits per heavy atom. The number of hydrogen-bond donors (Lipinski definition) is 2. The summed E-state index contributed by atoms with van der Waals surface area (Å²) < 4.78 is 0. The first-order chi connectivity index (χ1) is 8.08. The molecule has 0 spiro atoms. The van der Waals surface area contributed by atoms with Gasteiger partial charge in [0.1, 0.15) is 0 Å². The molecular weight excluding hydrogens is 214 g/mol. The van der Waals surface area contributed by atoms with Crippen molar-refractivity contribution in [1.29, 1.82) is 0 Å². The van der Waals surface area contributed by atoms with Crippen molar-refractivity contribution < 1.29 is 5.11 Å². The number of aliphatic hydroxyl groups excluding tert-OH is 1. The molecule has 2 rings (SSSR count). The third kappa shape index (κ3) is 2.76. The van der Waals surface area contributed by atoms with E-state index in [1.807, 2.05) is 25.3 Å². The zero-order chi connectivity index (χ0) is 12.4. The van der Waals surface area contributed by atoms with Crippen LogP contribution in [0.2, 0.25) is 0 Å². The maximum Gasteiger partial charge on any atom is 0.0741 e. The van der Waals surface area contributed by atoms with Gasteiger partial charge in [0.05, 0.1) is 23.7 Å². The second kappa shape index (κ2) is 5.02. The average Bonchev–Trinajstić information content (AvgIpc) is 2.33. The van der Waals surface area contributed by atoms with E-state index in [0.29, 0.717) is 12.5 Å². The normalized spacial score (nSPS) is 26.9. The zero-order valence-corrected chi connectivity index (χ0v) is 10.5. The van der Waals surface area contributed by atoms with Crippen LogP contribution in [0.1, 0.15) is 32.0 Å². The van der Waals surface area contributed by atoms with Gasteiger partial charge in [0.25, 0.3) is 0 Å². The lowest BCUT2D eigenvalue weighted by molar-refractivity contribution is 0.103. The Morgan fingerprint density at radius 2 is 2.29 bits per heavy atom. The molecule has 1 aromatic rings. The maximum atomic E-state index is 9.87. The summed E-state index contributed by atoms with van der Waals surface area (Å²) in [5, 5.41) is 9.87. The first-order valence-corrected chi connectivity index (χ1v) is 6.22. The molecule has 2 heterocycles. The molecule has 3 unspecified atom stereocenters. The standard InChI is InChI=1S/C13H21N3O/c1-9-5-6-16(8-13(9)17)11-3-4-12(10(2)14)15-7-11/h3-4,7,9-10,13,17H,5-6,8,14H2,1-2H3. The van der Waals surface area contributed by atoms with E-state index in [-0.39, 0.29) is 12.1 Å². The molecule has 0 saturated carbocycles. The monoisotopic (exact) mass is 235 g/mol. The van der Waals surface area contributed by atoms with Gasteiger partial charge < -0.3 is 15.7 Å². The van der Waals surface area contributed by atoms with E-state index >= 15 is 0 Å². The van der Waals surface area contributed by atoms with Gasteiger partial charge in [-0.3, -0.25) is 4.98 Å². The SMILES string of the molecule is CC(N)c1ccc(N2CCC(C)C(O)C2)cn1. The lowest BCUT2D eigenvalue weighted by Gasteiger charge is -2.35. The highest BCUT2D eigenvalue weighted by molar-refractivity contribution is 5.45. The predicted octanol–water partition coefficient (Wildman–Crippen LogP) is 1.31. The Bertz CT molecular complexity index is 363. The minimum Gasteiger partial charge on any atom is -0.391 e. The Kier molecular flexibility index (Phi) is 3.64. The zero-order valence-electron chi connectivity index (χ0n) is 10.5. The van der Waals surface area contributed by atoms with Gasteiger partial charge in [-0.2, -0.15) is 0 Å². The van der Waals surface area contributed by atoms with Crippen molar-refractivity contribution in [2.45, 2.75) is 32.4 Å². The molecule has 1 aliphatic rings. The van der Waals surface area contributed by atoms with Crippen molar-refractivity contribution in [3.8, 4) is 0 Å². The number of aromatic nitrogens is 1. The highest BCUT2D eigenvalue weighted by atomic mass is 16.3. The number of nitrogens with two attached hydrogens (primary N) is 1. The fourth-order valence-corrected chi connectivity index (χ4v) is 2.14. The molecule has 0 amide bonds. The topological polar surface area (TPSA) is 62.4 Å². The van der Waals surface area contributed by atoms with Crippen LogP contribution in [0.25, 0.3) is 0 Å². The Hall–Kier alpha value is -1.13. The maximum absolute atomic E-state index is 9.87. The number of anilines is 1. The molecule has 0 bridgehead atoms. The number of aliphatic hydroxyl groups is 1. The van der Waals surface area contributed by atoms with Crippen LogP contribution in [-0.4, -0.2) is 29.3 Å². The minimum atomic E-state index is -0.239. The molecule has 0 radical (unpaired) electrons. The fraction of sp³-hybridized carbons (Fsp3) is 0.615. The van der Waals surface area contributed by atoms with Crippen molar-refractivity contribution in [1.82, 2.24) is 4.98 Å². The van der Waals surface area contributed by atoms with Gasteiger partial charge in [-0.15, -0.1) is 0 Å². The summed E-state index contributed by atoms with van der Waals surface area (Å²) in [5.74, 6) is 0.391. The predicted molar refractivity (Wildman–Crippen MR) is 68.8 cm³/mol. The quantitative estimate of drug-likeness (QED) is 0.811. The van der Waals surface area contributed by atoms with E-state index in [9.17, 15) is 5.11 Å². The van der Waals surface area contributed by atoms with E-state index in [0.717, 1.165) is 24.3 Å². The van der Waals surface area contributed by atoms with Crippen LogP contribution >= 0.6 is 0 Å². The van der Waals surface area contributed by atoms with Crippen LogP contribution < -0.4 is 10.6 Å². The fourth-order valence-electron chi connectivity index (χ4n) is 2.14. The summed E-state index contributed by atoms with van der Waals surface area (Å²) in [7, 11) is 0. The molecule has 94 valence electrons. The van der Waals surface area contributed by atoms with E-state index in [1.54, 1.807) is 0 Å². The van der Waals surface area contributed by atoms with Gasteiger partial charge in [-0.1, -0.05) is 6.92 Å². The van der Waals surface area contributed by atoms with Gasteiger partial charge in [0, 0.05) is 19.1 Å². The molecule has 0 aromatic carbocycles.